The van der Waals surface area contributed by atoms with Crippen molar-refractivity contribution in [1.29, 1.82) is 0 Å². The summed E-state index contributed by atoms with van der Waals surface area (Å²) >= 11 is 11.9. The van der Waals surface area contributed by atoms with Crippen molar-refractivity contribution in [2.24, 2.45) is 11.8 Å². The lowest BCUT2D eigenvalue weighted by molar-refractivity contribution is -0.140. The van der Waals surface area contributed by atoms with Crippen molar-refractivity contribution in [3.05, 3.63) is 28.2 Å². The molecule has 1 unspecified atom stereocenters. The highest BCUT2D eigenvalue weighted by molar-refractivity contribution is 6.42. The largest absolute Gasteiger partial charge is 0.481 e. The SMILES string of the molecule is CC(C)CN(CC(C)C(=O)O)c1ccc(Cl)c(Cl)c1. The van der Waals surface area contributed by atoms with Crippen LogP contribution in [0.25, 0.3) is 0 Å². The Hall–Kier alpha value is -0.930. The second kappa shape index (κ2) is 7.01. The van der Waals surface area contributed by atoms with Gasteiger partial charge in [-0.15, -0.1) is 0 Å². The Morgan fingerprint density at radius 1 is 1.21 bits per heavy atom. The van der Waals surface area contributed by atoms with Crippen LogP contribution in [0, 0.1) is 11.8 Å². The van der Waals surface area contributed by atoms with Crippen LogP contribution in [0.4, 0.5) is 5.69 Å². The quantitative estimate of drug-likeness (QED) is 0.857. The zero-order valence-corrected chi connectivity index (χ0v) is 12.9. The predicted octanol–water partition coefficient (Wildman–Crippen LogP) is 4.18. The maximum atomic E-state index is 11.0. The van der Waals surface area contributed by atoms with Crippen molar-refractivity contribution in [3.63, 3.8) is 0 Å². The Morgan fingerprint density at radius 2 is 1.84 bits per heavy atom. The van der Waals surface area contributed by atoms with Gasteiger partial charge in [0.2, 0.25) is 0 Å². The smallest absolute Gasteiger partial charge is 0.308 e. The number of hydrogen-bond acceptors (Lipinski definition) is 2. The van der Waals surface area contributed by atoms with Gasteiger partial charge in [0.05, 0.1) is 16.0 Å². The van der Waals surface area contributed by atoms with Gasteiger partial charge in [-0.05, 0) is 24.1 Å². The monoisotopic (exact) mass is 303 g/mol. The number of rotatable bonds is 6. The minimum Gasteiger partial charge on any atom is -0.481 e. The number of carbonyl (C=O) groups is 1. The number of nitrogens with zero attached hydrogens (tertiary/aromatic N) is 1. The van der Waals surface area contributed by atoms with Gasteiger partial charge in [-0.25, -0.2) is 0 Å². The van der Waals surface area contributed by atoms with Crippen molar-refractivity contribution < 1.29 is 9.90 Å². The first-order valence-corrected chi connectivity index (χ1v) is 6.99. The van der Waals surface area contributed by atoms with Crippen LogP contribution in [-0.2, 0) is 4.79 Å². The molecule has 1 rings (SSSR count). The lowest BCUT2D eigenvalue weighted by atomic mass is 10.1. The maximum Gasteiger partial charge on any atom is 0.308 e. The molecule has 0 heterocycles. The lowest BCUT2D eigenvalue weighted by Crippen LogP contribution is -2.34. The number of carboxylic acid groups (broad SMARTS) is 1. The van der Waals surface area contributed by atoms with Gasteiger partial charge in [-0.3, -0.25) is 4.79 Å². The molecular weight excluding hydrogens is 285 g/mol. The summed E-state index contributed by atoms with van der Waals surface area (Å²) in [7, 11) is 0. The molecule has 5 heteroatoms. The molecule has 106 valence electrons. The first-order valence-electron chi connectivity index (χ1n) is 6.24. The number of halogens is 2. The Morgan fingerprint density at radius 3 is 2.32 bits per heavy atom. The fourth-order valence-corrected chi connectivity index (χ4v) is 2.11. The summed E-state index contributed by atoms with van der Waals surface area (Å²) in [4.78, 5) is 13.0. The molecule has 3 nitrogen and oxygen atoms in total. The van der Waals surface area contributed by atoms with E-state index in [2.05, 4.69) is 13.8 Å². The predicted molar refractivity (Wildman–Crippen MR) is 80.3 cm³/mol. The fourth-order valence-electron chi connectivity index (χ4n) is 1.82. The van der Waals surface area contributed by atoms with E-state index in [9.17, 15) is 4.79 Å². The van der Waals surface area contributed by atoms with E-state index in [0.29, 0.717) is 22.5 Å². The van der Waals surface area contributed by atoms with Crippen molar-refractivity contribution in [2.75, 3.05) is 18.0 Å². The van der Waals surface area contributed by atoms with E-state index in [0.717, 1.165) is 12.2 Å². The summed E-state index contributed by atoms with van der Waals surface area (Å²) in [6.45, 7) is 7.11. The Kier molecular flexibility index (Phi) is 5.95. The Bertz CT molecular complexity index is 449. The van der Waals surface area contributed by atoms with Gasteiger partial charge in [0.25, 0.3) is 0 Å². The highest BCUT2D eigenvalue weighted by atomic mass is 35.5. The molecular formula is C14H19Cl2NO2. The zero-order chi connectivity index (χ0) is 14.6. The highest BCUT2D eigenvalue weighted by Gasteiger charge is 2.18. The summed E-state index contributed by atoms with van der Waals surface area (Å²) in [5.74, 6) is -0.808. The highest BCUT2D eigenvalue weighted by Crippen LogP contribution is 2.28. The van der Waals surface area contributed by atoms with Crippen molar-refractivity contribution in [3.8, 4) is 0 Å². The van der Waals surface area contributed by atoms with Crippen LogP contribution in [0.1, 0.15) is 20.8 Å². The molecule has 19 heavy (non-hydrogen) atoms. The van der Waals surface area contributed by atoms with Crippen LogP contribution in [0.5, 0.6) is 0 Å². The van der Waals surface area contributed by atoms with Gasteiger partial charge in [-0.2, -0.15) is 0 Å². The fraction of sp³-hybridized carbons (Fsp3) is 0.500. The molecule has 1 aromatic rings. The number of aliphatic carboxylic acids is 1. The molecule has 0 fully saturated rings. The Balaban J connectivity index is 2.95. The number of anilines is 1. The molecule has 0 saturated carbocycles. The molecule has 0 saturated heterocycles. The molecule has 1 N–H and O–H groups in total. The van der Waals surface area contributed by atoms with E-state index >= 15 is 0 Å². The number of carboxylic acids is 1. The van der Waals surface area contributed by atoms with E-state index in [1.165, 1.54) is 0 Å². The minimum atomic E-state index is -0.797. The molecule has 0 aliphatic carbocycles. The molecule has 0 aliphatic heterocycles. The minimum absolute atomic E-state index is 0.426. The number of hydrogen-bond donors (Lipinski definition) is 1. The van der Waals surface area contributed by atoms with Crippen LogP contribution >= 0.6 is 23.2 Å². The summed E-state index contributed by atoms with van der Waals surface area (Å²) in [6.07, 6.45) is 0. The first kappa shape index (κ1) is 16.1. The molecule has 0 amide bonds. The van der Waals surface area contributed by atoms with E-state index in [4.69, 9.17) is 28.3 Å². The van der Waals surface area contributed by atoms with Crippen molar-refractivity contribution >= 4 is 34.9 Å². The third kappa shape index (κ3) is 4.92. The molecule has 0 radical (unpaired) electrons. The second-order valence-electron chi connectivity index (χ2n) is 5.14. The summed E-state index contributed by atoms with van der Waals surface area (Å²) < 4.78 is 0. The topological polar surface area (TPSA) is 40.5 Å². The first-order chi connectivity index (χ1) is 8.81. The third-order valence-corrected chi connectivity index (χ3v) is 3.51. The van der Waals surface area contributed by atoms with E-state index in [-0.39, 0.29) is 0 Å². The molecule has 0 bridgehead atoms. The van der Waals surface area contributed by atoms with Crippen LogP contribution in [-0.4, -0.2) is 24.2 Å². The van der Waals surface area contributed by atoms with Gasteiger partial charge >= 0.3 is 5.97 Å². The third-order valence-electron chi connectivity index (χ3n) is 2.77. The number of benzene rings is 1. The van der Waals surface area contributed by atoms with Gasteiger partial charge in [-0.1, -0.05) is 44.0 Å². The van der Waals surface area contributed by atoms with E-state index < -0.39 is 11.9 Å². The summed E-state index contributed by atoms with van der Waals surface area (Å²) in [5, 5.41) is 10.0. The maximum absolute atomic E-state index is 11.0. The van der Waals surface area contributed by atoms with Gasteiger partial charge in [0.15, 0.2) is 0 Å². The average molecular weight is 304 g/mol. The molecule has 0 aliphatic rings. The normalized spacial score (nSPS) is 12.5. The summed E-state index contributed by atoms with van der Waals surface area (Å²) in [5.41, 5.74) is 0.899. The van der Waals surface area contributed by atoms with Crippen LogP contribution in [0.3, 0.4) is 0 Å². The van der Waals surface area contributed by atoms with Gasteiger partial charge < -0.3 is 10.0 Å². The molecule has 0 aromatic heterocycles. The summed E-state index contributed by atoms with van der Waals surface area (Å²) in [6, 6.07) is 5.38. The average Bonchev–Trinajstić information content (AvgIpc) is 2.31. The molecule has 0 spiro atoms. The van der Waals surface area contributed by atoms with Crippen molar-refractivity contribution in [2.45, 2.75) is 20.8 Å². The Labute approximate surface area is 124 Å². The standard InChI is InChI=1S/C14H19Cl2NO2/c1-9(2)7-17(8-10(3)14(18)19)11-4-5-12(15)13(16)6-11/h4-6,9-10H,7-8H2,1-3H3,(H,18,19). The molecule has 1 atom stereocenters. The molecule has 1 aromatic carbocycles. The van der Waals surface area contributed by atoms with E-state index in [1.807, 2.05) is 11.0 Å². The lowest BCUT2D eigenvalue weighted by Gasteiger charge is -2.28. The second-order valence-corrected chi connectivity index (χ2v) is 5.95. The van der Waals surface area contributed by atoms with Crippen LogP contribution in [0.2, 0.25) is 10.0 Å². The van der Waals surface area contributed by atoms with Crippen LogP contribution in [0.15, 0.2) is 18.2 Å². The zero-order valence-electron chi connectivity index (χ0n) is 11.4. The van der Waals surface area contributed by atoms with Gasteiger partial charge in [0, 0.05) is 18.8 Å². The van der Waals surface area contributed by atoms with E-state index in [1.54, 1.807) is 19.1 Å². The van der Waals surface area contributed by atoms with Crippen molar-refractivity contribution in [1.82, 2.24) is 0 Å². The van der Waals surface area contributed by atoms with Crippen LogP contribution < -0.4 is 4.90 Å². The van der Waals surface area contributed by atoms with Gasteiger partial charge in [0.1, 0.15) is 0 Å².